The SMILES string of the molecule is CC(=O)OCC(CO)OCC(COC(C)=O)OC(C)=O. The second-order valence-corrected chi connectivity index (χ2v) is 3.97. The number of esters is 3. The van der Waals surface area contributed by atoms with Crippen LogP contribution in [0.2, 0.25) is 0 Å². The molecule has 2 unspecified atom stereocenters. The topological polar surface area (TPSA) is 108 Å². The van der Waals surface area contributed by atoms with Gasteiger partial charge in [-0.05, 0) is 0 Å². The van der Waals surface area contributed by atoms with E-state index in [2.05, 4.69) is 4.74 Å². The van der Waals surface area contributed by atoms with Crippen LogP contribution in [0.4, 0.5) is 0 Å². The number of hydrogen-bond donors (Lipinski definition) is 1. The summed E-state index contributed by atoms with van der Waals surface area (Å²) >= 11 is 0. The van der Waals surface area contributed by atoms with Gasteiger partial charge in [0, 0.05) is 20.8 Å². The van der Waals surface area contributed by atoms with Crippen LogP contribution in [-0.2, 0) is 33.3 Å². The molecule has 1 N–H and O–H groups in total. The number of carbonyl (C=O) groups excluding carboxylic acids is 3. The third-order valence-electron chi connectivity index (χ3n) is 2.00. The molecule has 116 valence electrons. The lowest BCUT2D eigenvalue weighted by Crippen LogP contribution is -2.33. The van der Waals surface area contributed by atoms with E-state index in [0.29, 0.717) is 0 Å². The molecule has 0 amide bonds. The summed E-state index contributed by atoms with van der Waals surface area (Å²) in [5.74, 6) is -1.56. The van der Waals surface area contributed by atoms with E-state index in [4.69, 9.17) is 19.3 Å². The van der Waals surface area contributed by atoms with Gasteiger partial charge < -0.3 is 24.1 Å². The molecule has 0 bridgehead atoms. The van der Waals surface area contributed by atoms with Crippen molar-refractivity contribution in [1.29, 1.82) is 0 Å². The van der Waals surface area contributed by atoms with Gasteiger partial charge in [-0.1, -0.05) is 0 Å². The highest BCUT2D eigenvalue weighted by Gasteiger charge is 2.18. The van der Waals surface area contributed by atoms with Gasteiger partial charge in [0.05, 0.1) is 13.2 Å². The summed E-state index contributed by atoms with van der Waals surface area (Å²) < 4.78 is 19.5. The standard InChI is InChI=1S/C12H20O8/c1-8(14)17-5-11(4-13)19-7-12(20-10(3)16)6-18-9(2)15/h11-13H,4-7H2,1-3H3. The Bertz CT molecular complexity index is 327. The van der Waals surface area contributed by atoms with E-state index >= 15 is 0 Å². The highest BCUT2D eigenvalue weighted by Crippen LogP contribution is 2.01. The van der Waals surface area contributed by atoms with Crippen molar-refractivity contribution in [1.82, 2.24) is 0 Å². The van der Waals surface area contributed by atoms with Gasteiger partial charge >= 0.3 is 17.9 Å². The van der Waals surface area contributed by atoms with E-state index < -0.39 is 30.1 Å². The Labute approximate surface area is 116 Å². The summed E-state index contributed by atoms with van der Waals surface area (Å²) in [4.78, 5) is 32.2. The van der Waals surface area contributed by atoms with Gasteiger partial charge in [-0.3, -0.25) is 14.4 Å². The maximum Gasteiger partial charge on any atom is 0.303 e. The Kier molecular flexibility index (Phi) is 9.31. The molecule has 0 aromatic heterocycles. The lowest BCUT2D eigenvalue weighted by Gasteiger charge is -2.20. The second-order valence-electron chi connectivity index (χ2n) is 3.97. The summed E-state index contributed by atoms with van der Waals surface area (Å²) in [6.45, 7) is 2.93. The van der Waals surface area contributed by atoms with Crippen LogP contribution in [0.5, 0.6) is 0 Å². The van der Waals surface area contributed by atoms with Crippen molar-refractivity contribution in [3.63, 3.8) is 0 Å². The molecule has 0 aliphatic carbocycles. The first-order valence-corrected chi connectivity index (χ1v) is 6.01. The number of aliphatic hydroxyl groups excluding tert-OH is 1. The van der Waals surface area contributed by atoms with Crippen molar-refractivity contribution in [3.05, 3.63) is 0 Å². The van der Waals surface area contributed by atoms with E-state index in [-0.39, 0.29) is 26.4 Å². The Balaban J connectivity index is 4.21. The molecular weight excluding hydrogens is 272 g/mol. The van der Waals surface area contributed by atoms with Gasteiger partial charge in [-0.25, -0.2) is 0 Å². The number of ether oxygens (including phenoxy) is 4. The van der Waals surface area contributed by atoms with E-state index in [9.17, 15) is 14.4 Å². The van der Waals surface area contributed by atoms with Crippen molar-refractivity contribution in [2.75, 3.05) is 26.4 Å². The third kappa shape index (κ3) is 10.3. The fourth-order valence-electron chi connectivity index (χ4n) is 1.17. The Morgan fingerprint density at radius 2 is 1.35 bits per heavy atom. The number of carbonyl (C=O) groups is 3. The molecule has 0 heterocycles. The van der Waals surface area contributed by atoms with Crippen LogP contribution in [0, 0.1) is 0 Å². The van der Waals surface area contributed by atoms with Crippen LogP contribution >= 0.6 is 0 Å². The Morgan fingerprint density at radius 3 is 1.75 bits per heavy atom. The van der Waals surface area contributed by atoms with Crippen LogP contribution in [0.15, 0.2) is 0 Å². The quantitative estimate of drug-likeness (QED) is 0.444. The first-order chi connectivity index (χ1) is 9.35. The normalized spacial score (nSPS) is 13.2. The largest absolute Gasteiger partial charge is 0.463 e. The second kappa shape index (κ2) is 10.2. The number of aliphatic hydroxyl groups is 1. The zero-order valence-electron chi connectivity index (χ0n) is 11.8. The van der Waals surface area contributed by atoms with Gasteiger partial charge in [-0.2, -0.15) is 0 Å². The molecule has 0 aromatic carbocycles. The molecule has 8 heteroatoms. The first-order valence-electron chi connectivity index (χ1n) is 6.01. The van der Waals surface area contributed by atoms with Crippen molar-refractivity contribution in [2.45, 2.75) is 33.0 Å². The maximum atomic E-state index is 10.9. The minimum absolute atomic E-state index is 0.0979. The molecule has 8 nitrogen and oxygen atoms in total. The molecule has 0 aliphatic rings. The molecule has 0 fully saturated rings. The predicted molar refractivity (Wildman–Crippen MR) is 65.6 cm³/mol. The zero-order chi connectivity index (χ0) is 15.5. The highest BCUT2D eigenvalue weighted by atomic mass is 16.6. The highest BCUT2D eigenvalue weighted by molar-refractivity contribution is 5.67. The number of rotatable bonds is 9. The van der Waals surface area contributed by atoms with Gasteiger partial charge in [-0.15, -0.1) is 0 Å². The Morgan fingerprint density at radius 1 is 0.850 bits per heavy atom. The van der Waals surface area contributed by atoms with Gasteiger partial charge in [0.15, 0.2) is 6.10 Å². The molecule has 2 atom stereocenters. The molecule has 0 aromatic rings. The van der Waals surface area contributed by atoms with Gasteiger partial charge in [0.1, 0.15) is 19.3 Å². The van der Waals surface area contributed by atoms with Crippen molar-refractivity contribution < 1.29 is 38.4 Å². The molecule has 0 aliphatic heterocycles. The van der Waals surface area contributed by atoms with Crippen LogP contribution in [-0.4, -0.2) is 61.6 Å². The maximum absolute atomic E-state index is 10.9. The zero-order valence-corrected chi connectivity index (χ0v) is 11.8. The van der Waals surface area contributed by atoms with Crippen LogP contribution in [0.1, 0.15) is 20.8 Å². The summed E-state index contributed by atoms with van der Waals surface area (Å²) in [6, 6.07) is 0. The molecule has 0 spiro atoms. The predicted octanol–water partition coefficient (Wildman–Crippen LogP) is -0.578. The molecule has 0 saturated heterocycles. The van der Waals surface area contributed by atoms with Crippen LogP contribution in [0.3, 0.4) is 0 Å². The summed E-state index contributed by atoms with van der Waals surface area (Å²) in [5, 5.41) is 9.04. The van der Waals surface area contributed by atoms with Crippen LogP contribution < -0.4 is 0 Å². The van der Waals surface area contributed by atoms with Gasteiger partial charge in [0.25, 0.3) is 0 Å². The van der Waals surface area contributed by atoms with E-state index in [1.54, 1.807) is 0 Å². The lowest BCUT2D eigenvalue weighted by atomic mass is 10.3. The van der Waals surface area contributed by atoms with Crippen LogP contribution in [0.25, 0.3) is 0 Å². The Hall–Kier alpha value is -1.67. The summed E-state index contributed by atoms with van der Waals surface area (Å²) in [5.41, 5.74) is 0. The monoisotopic (exact) mass is 292 g/mol. The van der Waals surface area contributed by atoms with Crippen molar-refractivity contribution >= 4 is 17.9 Å². The van der Waals surface area contributed by atoms with E-state index in [1.807, 2.05) is 0 Å². The van der Waals surface area contributed by atoms with Crippen molar-refractivity contribution in [2.24, 2.45) is 0 Å². The van der Waals surface area contributed by atoms with E-state index in [1.165, 1.54) is 20.8 Å². The fraction of sp³-hybridized carbons (Fsp3) is 0.750. The van der Waals surface area contributed by atoms with E-state index in [0.717, 1.165) is 0 Å². The molecule has 0 saturated carbocycles. The third-order valence-corrected chi connectivity index (χ3v) is 2.00. The minimum atomic E-state index is -0.789. The fourth-order valence-corrected chi connectivity index (χ4v) is 1.17. The smallest absolute Gasteiger partial charge is 0.303 e. The van der Waals surface area contributed by atoms with Gasteiger partial charge in [0.2, 0.25) is 0 Å². The summed E-state index contributed by atoms with van der Waals surface area (Å²) in [6.07, 6.45) is -1.53. The number of hydrogen-bond acceptors (Lipinski definition) is 8. The van der Waals surface area contributed by atoms with Crippen molar-refractivity contribution in [3.8, 4) is 0 Å². The lowest BCUT2D eigenvalue weighted by molar-refractivity contribution is -0.164. The minimum Gasteiger partial charge on any atom is -0.463 e. The molecule has 0 radical (unpaired) electrons. The average molecular weight is 292 g/mol. The average Bonchev–Trinajstić information content (AvgIpc) is 2.34. The molecule has 20 heavy (non-hydrogen) atoms. The molecular formula is C12H20O8. The first kappa shape index (κ1) is 18.3. The summed E-state index contributed by atoms with van der Waals surface area (Å²) in [7, 11) is 0. The molecule has 0 rings (SSSR count).